The second kappa shape index (κ2) is 8.22. The average molecular weight is 470 g/mol. The summed E-state index contributed by atoms with van der Waals surface area (Å²) in [4.78, 5) is 15.9. The normalized spacial score (nSPS) is 14.5. The van der Waals surface area contributed by atoms with E-state index in [1.165, 1.54) is 11.5 Å². The largest absolute Gasteiger partial charge is 0.507 e. The molecule has 3 aromatic carbocycles. The second-order valence-corrected chi connectivity index (χ2v) is 8.99. The molecule has 1 N–H and O–H groups in total. The second-order valence-electron chi connectivity index (χ2n) is 7.83. The summed E-state index contributed by atoms with van der Waals surface area (Å²) in [5, 5.41) is 13.9. The number of carbonyl (C=O) groups is 1. The number of rotatable bonds is 3. The molecule has 5 nitrogen and oxygen atoms in total. The van der Waals surface area contributed by atoms with Gasteiger partial charge in [0.05, 0.1) is 5.02 Å². The maximum atomic E-state index is 15.8. The number of hydrogen-bond acceptors (Lipinski definition) is 5. The molecule has 0 spiro atoms. The number of halogens is 2. The number of carbonyl (C=O) groups excluding carboxylic acids is 1. The molecule has 32 heavy (non-hydrogen) atoms. The van der Waals surface area contributed by atoms with Crippen molar-refractivity contribution in [3.8, 4) is 16.9 Å². The van der Waals surface area contributed by atoms with Crippen molar-refractivity contribution in [2.75, 3.05) is 31.1 Å². The molecule has 0 aliphatic carbocycles. The van der Waals surface area contributed by atoms with E-state index in [0.29, 0.717) is 43.5 Å². The third-order valence-corrected chi connectivity index (χ3v) is 7.25. The van der Waals surface area contributed by atoms with Crippen molar-refractivity contribution in [3.05, 3.63) is 53.3 Å². The minimum atomic E-state index is -0.540. The van der Waals surface area contributed by atoms with Gasteiger partial charge in [-0.05, 0) is 34.4 Å². The number of piperazine rings is 1. The van der Waals surface area contributed by atoms with Crippen LogP contribution in [-0.2, 0) is 4.79 Å². The lowest BCUT2D eigenvalue weighted by Crippen LogP contribution is -2.48. The molecule has 1 aliphatic rings. The standard InChI is InChI=1S/C24H21ClFN3O2S/c1-2-19(31)28-9-11-29(12-10-28)24-16-13-17(25)21(22(26)23(16)27-32-24)20-15-6-4-3-5-14(15)7-8-18(20)30/h3-8,13,30H,2,9-12H2,1H3. The molecule has 5 rings (SSSR count). The summed E-state index contributed by atoms with van der Waals surface area (Å²) in [7, 11) is 0. The molecule has 2 heterocycles. The van der Waals surface area contributed by atoms with Crippen LogP contribution in [0.5, 0.6) is 5.75 Å². The van der Waals surface area contributed by atoms with Gasteiger partial charge in [-0.3, -0.25) is 4.79 Å². The number of benzene rings is 3. The van der Waals surface area contributed by atoms with Crippen molar-refractivity contribution >= 4 is 55.7 Å². The van der Waals surface area contributed by atoms with Crippen molar-refractivity contribution in [3.63, 3.8) is 0 Å². The molecule has 0 bridgehead atoms. The molecule has 1 aromatic heterocycles. The highest BCUT2D eigenvalue weighted by Crippen LogP contribution is 2.45. The first-order valence-electron chi connectivity index (χ1n) is 10.5. The lowest BCUT2D eigenvalue weighted by atomic mass is 9.96. The number of nitrogens with zero attached hydrogens (tertiary/aromatic N) is 3. The minimum absolute atomic E-state index is 0.0315. The molecule has 164 valence electrons. The molecule has 1 aliphatic heterocycles. The highest BCUT2D eigenvalue weighted by Gasteiger charge is 2.26. The fourth-order valence-electron chi connectivity index (χ4n) is 4.36. The van der Waals surface area contributed by atoms with E-state index in [0.717, 1.165) is 15.8 Å². The third kappa shape index (κ3) is 3.36. The molecule has 1 amide bonds. The molecule has 8 heteroatoms. The predicted molar refractivity (Wildman–Crippen MR) is 128 cm³/mol. The van der Waals surface area contributed by atoms with E-state index in [1.54, 1.807) is 18.2 Å². The lowest BCUT2D eigenvalue weighted by Gasteiger charge is -2.35. The summed E-state index contributed by atoms with van der Waals surface area (Å²) in [6.07, 6.45) is 0.494. The fourth-order valence-corrected chi connectivity index (χ4v) is 5.56. The maximum absolute atomic E-state index is 15.8. The number of anilines is 1. The Kier molecular flexibility index (Phi) is 5.39. The van der Waals surface area contributed by atoms with Crippen LogP contribution in [0.1, 0.15) is 13.3 Å². The molecule has 0 radical (unpaired) electrons. The Balaban J connectivity index is 1.59. The van der Waals surface area contributed by atoms with E-state index in [4.69, 9.17) is 11.6 Å². The number of aromatic hydroxyl groups is 1. The number of fused-ring (bicyclic) bond motifs is 2. The first-order chi connectivity index (χ1) is 15.5. The van der Waals surface area contributed by atoms with Gasteiger partial charge in [0.1, 0.15) is 16.3 Å². The molecular weight excluding hydrogens is 449 g/mol. The molecule has 1 saturated heterocycles. The van der Waals surface area contributed by atoms with Gasteiger partial charge in [-0.25, -0.2) is 4.39 Å². The topological polar surface area (TPSA) is 56.7 Å². The first kappa shape index (κ1) is 21.0. The molecule has 0 atom stereocenters. The Morgan fingerprint density at radius 1 is 1.12 bits per heavy atom. The van der Waals surface area contributed by atoms with Crippen molar-refractivity contribution in [2.24, 2.45) is 0 Å². The molecular formula is C24H21ClFN3O2S. The van der Waals surface area contributed by atoms with Crippen molar-refractivity contribution in [1.29, 1.82) is 0 Å². The van der Waals surface area contributed by atoms with Gasteiger partial charge in [0.25, 0.3) is 0 Å². The van der Waals surface area contributed by atoms with Gasteiger partial charge in [-0.1, -0.05) is 48.9 Å². The smallest absolute Gasteiger partial charge is 0.222 e. The van der Waals surface area contributed by atoms with Gasteiger partial charge in [0.15, 0.2) is 5.82 Å². The van der Waals surface area contributed by atoms with Crippen LogP contribution in [-0.4, -0.2) is 46.5 Å². The van der Waals surface area contributed by atoms with Crippen LogP contribution in [0.15, 0.2) is 42.5 Å². The van der Waals surface area contributed by atoms with Gasteiger partial charge in [0.2, 0.25) is 5.91 Å². The van der Waals surface area contributed by atoms with E-state index >= 15 is 4.39 Å². The minimum Gasteiger partial charge on any atom is -0.507 e. The third-order valence-electron chi connectivity index (χ3n) is 6.03. The van der Waals surface area contributed by atoms with Gasteiger partial charge in [-0.2, -0.15) is 4.37 Å². The van der Waals surface area contributed by atoms with Crippen LogP contribution in [0.3, 0.4) is 0 Å². The predicted octanol–water partition coefficient (Wildman–Crippen LogP) is 5.67. The Hall–Kier alpha value is -2.90. The van der Waals surface area contributed by atoms with Crippen LogP contribution >= 0.6 is 23.1 Å². The summed E-state index contributed by atoms with van der Waals surface area (Å²) >= 11 is 7.85. The van der Waals surface area contributed by atoms with Crippen molar-refractivity contribution in [1.82, 2.24) is 9.27 Å². The van der Waals surface area contributed by atoms with Crippen LogP contribution in [0.4, 0.5) is 9.39 Å². The molecule has 1 fully saturated rings. The summed E-state index contributed by atoms with van der Waals surface area (Å²) in [6, 6.07) is 12.6. The van der Waals surface area contributed by atoms with Gasteiger partial charge in [0, 0.05) is 49.1 Å². The number of phenols is 1. The van der Waals surface area contributed by atoms with Crippen LogP contribution < -0.4 is 4.90 Å². The summed E-state index contributed by atoms with van der Waals surface area (Å²) in [6.45, 7) is 4.44. The maximum Gasteiger partial charge on any atom is 0.222 e. The highest BCUT2D eigenvalue weighted by atomic mass is 35.5. The van der Waals surface area contributed by atoms with E-state index < -0.39 is 5.82 Å². The zero-order chi connectivity index (χ0) is 22.4. The SMILES string of the molecule is CCC(=O)N1CCN(c2snc3c(F)c(-c4c(O)ccc5ccccc45)c(Cl)cc23)CC1. The van der Waals surface area contributed by atoms with Gasteiger partial charge in [-0.15, -0.1) is 0 Å². The summed E-state index contributed by atoms with van der Waals surface area (Å²) in [5.74, 6) is -0.426. The Morgan fingerprint density at radius 2 is 1.88 bits per heavy atom. The lowest BCUT2D eigenvalue weighted by molar-refractivity contribution is -0.131. The van der Waals surface area contributed by atoms with E-state index in [2.05, 4.69) is 9.27 Å². The van der Waals surface area contributed by atoms with E-state index in [9.17, 15) is 9.90 Å². The Labute approximate surface area is 193 Å². The van der Waals surface area contributed by atoms with Crippen LogP contribution in [0.2, 0.25) is 5.02 Å². The molecule has 0 unspecified atom stereocenters. The monoisotopic (exact) mass is 469 g/mol. The van der Waals surface area contributed by atoms with Crippen LogP contribution in [0, 0.1) is 5.82 Å². The van der Waals surface area contributed by atoms with Crippen molar-refractivity contribution < 1.29 is 14.3 Å². The zero-order valence-corrected chi connectivity index (χ0v) is 19.0. The van der Waals surface area contributed by atoms with E-state index in [1.807, 2.05) is 36.1 Å². The van der Waals surface area contributed by atoms with Crippen LogP contribution in [0.25, 0.3) is 32.8 Å². The Bertz CT molecular complexity index is 1350. The molecule has 0 saturated carbocycles. The van der Waals surface area contributed by atoms with Gasteiger partial charge < -0.3 is 14.9 Å². The fraction of sp³-hybridized carbons (Fsp3) is 0.250. The zero-order valence-electron chi connectivity index (χ0n) is 17.4. The first-order valence-corrected chi connectivity index (χ1v) is 11.7. The van der Waals surface area contributed by atoms with E-state index in [-0.39, 0.29) is 27.8 Å². The van der Waals surface area contributed by atoms with Gasteiger partial charge >= 0.3 is 0 Å². The number of hydrogen-bond donors (Lipinski definition) is 1. The highest BCUT2D eigenvalue weighted by molar-refractivity contribution is 7.11. The Morgan fingerprint density at radius 3 is 2.62 bits per heavy atom. The number of amides is 1. The average Bonchev–Trinajstić information content (AvgIpc) is 3.24. The summed E-state index contributed by atoms with van der Waals surface area (Å²) in [5.41, 5.74) is 0.765. The summed E-state index contributed by atoms with van der Waals surface area (Å²) < 4.78 is 20.2. The number of aromatic nitrogens is 1. The molecule has 4 aromatic rings. The van der Waals surface area contributed by atoms with Crippen molar-refractivity contribution in [2.45, 2.75) is 13.3 Å². The quantitative estimate of drug-likeness (QED) is 0.420. The number of phenolic OH excluding ortho intramolecular Hbond substituents is 1.